The average molecular weight is 402 g/mol. The first-order valence-electron chi connectivity index (χ1n) is 8.30. The third-order valence-electron chi connectivity index (χ3n) is 3.85. The lowest BCUT2D eigenvalue weighted by Crippen LogP contribution is -2.13. The molecule has 1 amide bonds. The molecule has 0 fully saturated rings. The molecule has 4 nitrogen and oxygen atoms in total. The molecule has 2 N–H and O–H groups in total. The Balaban J connectivity index is 2.10. The lowest BCUT2D eigenvalue weighted by Gasteiger charge is -2.07. The fraction of sp³-hybridized carbons (Fsp3) is 0.143. The molecule has 1 aromatic carbocycles. The Labute approximate surface area is 167 Å². The van der Waals surface area contributed by atoms with Crippen molar-refractivity contribution in [3.63, 3.8) is 0 Å². The average Bonchev–Trinajstić information content (AvgIpc) is 3.05. The highest BCUT2D eigenvalue weighted by Crippen LogP contribution is 2.36. The molecule has 0 saturated carbocycles. The second-order valence-electron chi connectivity index (χ2n) is 5.75. The van der Waals surface area contributed by atoms with Gasteiger partial charge in [-0.25, -0.2) is 4.79 Å². The van der Waals surface area contributed by atoms with Crippen LogP contribution >= 0.6 is 22.9 Å². The van der Waals surface area contributed by atoms with Gasteiger partial charge in [0.15, 0.2) is 0 Å². The van der Waals surface area contributed by atoms with E-state index in [-0.39, 0.29) is 17.9 Å². The number of carboxylic acid groups (broad SMARTS) is 1. The van der Waals surface area contributed by atoms with Crippen molar-refractivity contribution in [3.05, 3.63) is 77.2 Å². The van der Waals surface area contributed by atoms with Crippen molar-refractivity contribution in [2.75, 3.05) is 5.32 Å². The second kappa shape index (κ2) is 9.90. The van der Waals surface area contributed by atoms with E-state index in [1.54, 1.807) is 41.8 Å². The van der Waals surface area contributed by atoms with Gasteiger partial charge in [0.05, 0.1) is 10.6 Å². The molecule has 6 heteroatoms. The number of carbonyl (C=O) groups excluding carboxylic acids is 1. The third kappa shape index (κ3) is 5.67. The molecule has 0 bridgehead atoms. The summed E-state index contributed by atoms with van der Waals surface area (Å²) in [5, 5.41) is 14.5. The van der Waals surface area contributed by atoms with Gasteiger partial charge >= 0.3 is 5.97 Å². The number of amides is 1. The van der Waals surface area contributed by atoms with Gasteiger partial charge in [-0.05, 0) is 36.1 Å². The van der Waals surface area contributed by atoms with E-state index in [2.05, 4.69) is 18.5 Å². The molecule has 0 atom stereocenters. The molecule has 0 radical (unpaired) electrons. The van der Waals surface area contributed by atoms with Gasteiger partial charge in [-0.3, -0.25) is 4.79 Å². The monoisotopic (exact) mass is 401 g/mol. The van der Waals surface area contributed by atoms with Gasteiger partial charge in [0.25, 0.3) is 0 Å². The van der Waals surface area contributed by atoms with Crippen molar-refractivity contribution < 1.29 is 14.7 Å². The zero-order valence-corrected chi connectivity index (χ0v) is 16.3. The SMILES string of the molecule is C=C/C=C(\C=C)CCCC(=O)Nc1csc(-c2ccc(Cl)cc2)c1C(=O)O. The molecule has 2 rings (SSSR count). The van der Waals surface area contributed by atoms with Crippen molar-refractivity contribution in [1.82, 2.24) is 0 Å². The number of halogens is 1. The number of carbonyl (C=O) groups is 2. The molecule has 1 heterocycles. The van der Waals surface area contributed by atoms with Crippen molar-refractivity contribution in [3.8, 4) is 10.4 Å². The predicted octanol–water partition coefficient (Wildman–Crippen LogP) is 6.17. The third-order valence-corrected chi connectivity index (χ3v) is 5.13. The summed E-state index contributed by atoms with van der Waals surface area (Å²) < 4.78 is 0. The molecule has 0 aliphatic carbocycles. The van der Waals surface area contributed by atoms with E-state index in [1.807, 2.05) is 6.08 Å². The summed E-state index contributed by atoms with van der Waals surface area (Å²) in [7, 11) is 0. The molecule has 140 valence electrons. The van der Waals surface area contributed by atoms with Crippen molar-refractivity contribution in [2.24, 2.45) is 0 Å². The van der Waals surface area contributed by atoms with E-state index in [1.165, 1.54) is 11.3 Å². The lowest BCUT2D eigenvalue weighted by molar-refractivity contribution is -0.116. The van der Waals surface area contributed by atoms with Crippen LogP contribution in [-0.2, 0) is 4.79 Å². The summed E-state index contributed by atoms with van der Waals surface area (Å²) >= 11 is 7.16. The number of hydrogen-bond acceptors (Lipinski definition) is 3. The Morgan fingerprint density at radius 3 is 2.48 bits per heavy atom. The number of anilines is 1. The number of nitrogens with one attached hydrogen (secondary N) is 1. The Morgan fingerprint density at radius 1 is 1.19 bits per heavy atom. The molecule has 0 unspecified atom stereocenters. The van der Waals surface area contributed by atoms with Crippen molar-refractivity contribution in [2.45, 2.75) is 19.3 Å². The summed E-state index contributed by atoms with van der Waals surface area (Å²) in [5.74, 6) is -1.31. The van der Waals surface area contributed by atoms with Crippen LogP contribution in [0, 0.1) is 0 Å². The highest BCUT2D eigenvalue weighted by molar-refractivity contribution is 7.14. The van der Waals surface area contributed by atoms with Crippen LogP contribution in [0.5, 0.6) is 0 Å². The van der Waals surface area contributed by atoms with E-state index < -0.39 is 5.97 Å². The molecular formula is C21H20ClNO3S. The minimum atomic E-state index is -1.08. The van der Waals surface area contributed by atoms with Gasteiger partial charge < -0.3 is 10.4 Å². The number of aromatic carboxylic acids is 1. The van der Waals surface area contributed by atoms with E-state index in [9.17, 15) is 14.7 Å². The Kier molecular flexibility index (Phi) is 7.58. The molecule has 0 aliphatic rings. The largest absolute Gasteiger partial charge is 0.478 e. The maximum absolute atomic E-state index is 12.2. The summed E-state index contributed by atoms with van der Waals surface area (Å²) in [4.78, 5) is 24.5. The molecule has 1 aromatic heterocycles. The second-order valence-corrected chi connectivity index (χ2v) is 7.06. The normalized spacial score (nSPS) is 11.1. The molecular weight excluding hydrogens is 382 g/mol. The van der Waals surface area contributed by atoms with Crippen LogP contribution in [0.1, 0.15) is 29.6 Å². The molecule has 0 spiro atoms. The topological polar surface area (TPSA) is 66.4 Å². The summed E-state index contributed by atoms with van der Waals surface area (Å²) in [6.07, 6.45) is 6.89. The molecule has 0 aliphatic heterocycles. The Morgan fingerprint density at radius 2 is 1.89 bits per heavy atom. The first-order valence-corrected chi connectivity index (χ1v) is 9.56. The smallest absolute Gasteiger partial charge is 0.339 e. The highest BCUT2D eigenvalue weighted by Gasteiger charge is 2.21. The van der Waals surface area contributed by atoms with Gasteiger partial charge in [0.2, 0.25) is 5.91 Å². The number of carboxylic acids is 1. The number of hydrogen-bond donors (Lipinski definition) is 2. The van der Waals surface area contributed by atoms with E-state index in [0.717, 1.165) is 11.1 Å². The molecule has 0 saturated heterocycles. The van der Waals surface area contributed by atoms with Crippen molar-refractivity contribution in [1.29, 1.82) is 0 Å². The predicted molar refractivity (Wildman–Crippen MR) is 113 cm³/mol. The summed E-state index contributed by atoms with van der Waals surface area (Å²) in [5.41, 5.74) is 2.15. The van der Waals surface area contributed by atoms with Crippen LogP contribution < -0.4 is 5.32 Å². The Hall–Kier alpha value is -2.63. The van der Waals surface area contributed by atoms with Gasteiger partial charge in [0, 0.05) is 16.8 Å². The highest BCUT2D eigenvalue weighted by atomic mass is 35.5. The van der Waals surface area contributed by atoms with Gasteiger partial charge in [-0.15, -0.1) is 11.3 Å². The summed E-state index contributed by atoms with van der Waals surface area (Å²) in [6.45, 7) is 7.36. The van der Waals surface area contributed by atoms with Crippen LogP contribution in [0.4, 0.5) is 5.69 Å². The number of allylic oxidation sites excluding steroid dienone is 4. The van der Waals surface area contributed by atoms with Crippen LogP contribution in [0.3, 0.4) is 0 Å². The number of thiophene rings is 1. The van der Waals surface area contributed by atoms with Crippen LogP contribution in [0.15, 0.2) is 66.6 Å². The molecule has 27 heavy (non-hydrogen) atoms. The standard InChI is InChI=1S/C21H20ClNO3S/c1-3-6-14(4-2)7-5-8-18(24)23-17-13-27-20(19(17)21(25)26)15-9-11-16(22)12-10-15/h3-4,6,9-13H,1-2,5,7-8H2,(H,23,24)(H,25,26)/b14-6+. The maximum Gasteiger partial charge on any atom is 0.339 e. The minimum Gasteiger partial charge on any atom is -0.478 e. The Bertz CT molecular complexity index is 881. The van der Waals surface area contributed by atoms with E-state index >= 15 is 0 Å². The zero-order valence-electron chi connectivity index (χ0n) is 14.7. The lowest BCUT2D eigenvalue weighted by atomic mass is 10.1. The first kappa shape index (κ1) is 20.7. The van der Waals surface area contributed by atoms with Gasteiger partial charge in [-0.1, -0.05) is 55.1 Å². The van der Waals surface area contributed by atoms with Gasteiger partial charge in [0.1, 0.15) is 5.56 Å². The van der Waals surface area contributed by atoms with Crippen LogP contribution in [0.2, 0.25) is 5.02 Å². The summed E-state index contributed by atoms with van der Waals surface area (Å²) in [6, 6.07) is 6.92. The minimum absolute atomic E-state index is 0.0917. The van der Waals surface area contributed by atoms with E-state index in [4.69, 9.17) is 11.6 Å². The fourth-order valence-corrected chi connectivity index (χ4v) is 3.67. The fourth-order valence-electron chi connectivity index (χ4n) is 2.55. The van der Waals surface area contributed by atoms with Crippen LogP contribution in [0.25, 0.3) is 10.4 Å². The zero-order chi connectivity index (χ0) is 19.8. The van der Waals surface area contributed by atoms with Gasteiger partial charge in [-0.2, -0.15) is 0 Å². The van der Waals surface area contributed by atoms with E-state index in [0.29, 0.717) is 28.4 Å². The quantitative estimate of drug-likeness (QED) is 0.493. The molecule has 2 aromatic rings. The number of rotatable bonds is 9. The maximum atomic E-state index is 12.2. The van der Waals surface area contributed by atoms with Crippen molar-refractivity contribution >= 4 is 40.5 Å². The first-order chi connectivity index (χ1) is 13.0. The van der Waals surface area contributed by atoms with Crippen LogP contribution in [-0.4, -0.2) is 17.0 Å². The number of benzene rings is 1.